The highest BCUT2D eigenvalue weighted by molar-refractivity contribution is 6.07. The van der Waals surface area contributed by atoms with Crippen LogP contribution in [0.2, 0.25) is 0 Å². The summed E-state index contributed by atoms with van der Waals surface area (Å²) in [6.07, 6.45) is 1.47. The molecule has 7 heteroatoms. The minimum Gasteiger partial charge on any atom is -0.507 e. The summed E-state index contributed by atoms with van der Waals surface area (Å²) in [7, 11) is 5.48. The molecule has 0 saturated heterocycles. The number of phenols is 1. The van der Waals surface area contributed by atoms with E-state index in [1.54, 1.807) is 37.4 Å². The Kier molecular flexibility index (Phi) is 5.52. The summed E-state index contributed by atoms with van der Waals surface area (Å²) in [6, 6.07) is 9.80. The molecule has 7 nitrogen and oxygen atoms in total. The summed E-state index contributed by atoms with van der Waals surface area (Å²) in [6.45, 7) is 1.24. The van der Waals surface area contributed by atoms with Crippen LogP contribution < -0.4 is 14.8 Å². The second kappa shape index (κ2) is 8.01. The van der Waals surface area contributed by atoms with Crippen LogP contribution in [0, 0.1) is 0 Å². The molecule has 0 unspecified atom stereocenters. The fourth-order valence-corrected chi connectivity index (χ4v) is 2.59. The number of hydrogen-bond donors (Lipinski definition) is 2. The van der Waals surface area contributed by atoms with Crippen LogP contribution in [-0.2, 0) is 0 Å². The van der Waals surface area contributed by atoms with Crippen molar-refractivity contribution in [1.82, 2.24) is 4.90 Å². The molecular formula is C20H22N2O5. The lowest BCUT2D eigenvalue weighted by molar-refractivity contribution is 0.102. The van der Waals surface area contributed by atoms with E-state index in [-0.39, 0.29) is 11.7 Å². The standard InChI is InChI=1S/C20H22N2O5/c1-22(2)7-9-27-19-12-14(4-5-17(19)25-3)21-20(24)13-10-16(23)15-6-8-26-18(15)11-13/h4-6,8,10-12,23H,7,9H2,1-3H3,(H,21,24). The van der Waals surface area contributed by atoms with Crippen LogP contribution in [0.3, 0.4) is 0 Å². The Bertz CT molecular complexity index is 949. The van der Waals surface area contributed by atoms with Crippen molar-refractivity contribution in [1.29, 1.82) is 0 Å². The summed E-state index contributed by atoms with van der Waals surface area (Å²) in [4.78, 5) is 14.6. The predicted molar refractivity (Wildman–Crippen MR) is 103 cm³/mol. The molecule has 0 aliphatic carbocycles. The van der Waals surface area contributed by atoms with Crippen molar-refractivity contribution in [3.63, 3.8) is 0 Å². The second-order valence-corrected chi connectivity index (χ2v) is 6.30. The summed E-state index contributed by atoms with van der Waals surface area (Å²) in [5.41, 5.74) is 1.29. The first-order chi connectivity index (χ1) is 13.0. The molecule has 0 spiro atoms. The van der Waals surface area contributed by atoms with Crippen molar-refractivity contribution >= 4 is 22.6 Å². The van der Waals surface area contributed by atoms with E-state index < -0.39 is 0 Å². The molecule has 0 radical (unpaired) electrons. The van der Waals surface area contributed by atoms with Gasteiger partial charge >= 0.3 is 0 Å². The lowest BCUT2D eigenvalue weighted by Crippen LogP contribution is -2.19. The molecule has 1 amide bonds. The van der Waals surface area contributed by atoms with Gasteiger partial charge in [0.1, 0.15) is 17.9 Å². The third-order valence-electron chi connectivity index (χ3n) is 4.03. The highest BCUT2D eigenvalue weighted by Gasteiger charge is 2.13. The van der Waals surface area contributed by atoms with Crippen LogP contribution in [0.25, 0.3) is 11.0 Å². The van der Waals surface area contributed by atoms with Gasteiger partial charge in [0.15, 0.2) is 11.5 Å². The van der Waals surface area contributed by atoms with Gasteiger partial charge in [-0.2, -0.15) is 0 Å². The number of nitrogens with zero attached hydrogens (tertiary/aromatic N) is 1. The molecular weight excluding hydrogens is 348 g/mol. The molecule has 1 heterocycles. The Morgan fingerprint density at radius 1 is 1.19 bits per heavy atom. The zero-order valence-corrected chi connectivity index (χ0v) is 15.5. The van der Waals surface area contributed by atoms with Crippen LogP contribution in [0.5, 0.6) is 17.2 Å². The van der Waals surface area contributed by atoms with Crippen molar-refractivity contribution in [2.24, 2.45) is 0 Å². The molecule has 0 fully saturated rings. The Hall–Kier alpha value is -3.19. The van der Waals surface area contributed by atoms with E-state index in [4.69, 9.17) is 13.9 Å². The predicted octanol–water partition coefficient (Wildman–Crippen LogP) is 3.34. The quantitative estimate of drug-likeness (QED) is 0.664. The van der Waals surface area contributed by atoms with Crippen LogP contribution in [0.15, 0.2) is 47.1 Å². The van der Waals surface area contributed by atoms with E-state index in [0.29, 0.717) is 40.3 Å². The Morgan fingerprint density at radius 3 is 2.74 bits per heavy atom. The molecule has 0 aliphatic rings. The summed E-state index contributed by atoms with van der Waals surface area (Å²) in [5.74, 6) is 0.754. The smallest absolute Gasteiger partial charge is 0.255 e. The zero-order valence-electron chi connectivity index (χ0n) is 15.5. The number of phenolic OH excluding ortho intramolecular Hbond substituents is 1. The van der Waals surface area contributed by atoms with Gasteiger partial charge in [-0.15, -0.1) is 0 Å². The van der Waals surface area contributed by atoms with E-state index in [9.17, 15) is 9.90 Å². The van der Waals surface area contributed by atoms with Crippen LogP contribution in [-0.4, -0.2) is 50.3 Å². The maximum Gasteiger partial charge on any atom is 0.255 e. The molecule has 3 rings (SSSR count). The Balaban J connectivity index is 1.78. The normalized spacial score (nSPS) is 11.0. The third-order valence-corrected chi connectivity index (χ3v) is 4.03. The van der Waals surface area contributed by atoms with E-state index >= 15 is 0 Å². The van der Waals surface area contributed by atoms with Gasteiger partial charge < -0.3 is 29.2 Å². The van der Waals surface area contributed by atoms with Gasteiger partial charge in [-0.05, 0) is 44.4 Å². The number of carbonyl (C=O) groups is 1. The van der Waals surface area contributed by atoms with Crippen LogP contribution >= 0.6 is 0 Å². The zero-order chi connectivity index (χ0) is 19.4. The molecule has 2 aromatic carbocycles. The highest BCUT2D eigenvalue weighted by Crippen LogP contribution is 2.31. The highest BCUT2D eigenvalue weighted by atomic mass is 16.5. The lowest BCUT2D eigenvalue weighted by atomic mass is 10.1. The molecule has 27 heavy (non-hydrogen) atoms. The first kappa shape index (κ1) is 18.6. The summed E-state index contributed by atoms with van der Waals surface area (Å²) >= 11 is 0. The topological polar surface area (TPSA) is 84.2 Å². The molecule has 0 bridgehead atoms. The van der Waals surface area contributed by atoms with Gasteiger partial charge in [-0.3, -0.25) is 4.79 Å². The SMILES string of the molecule is COc1ccc(NC(=O)c2cc(O)c3ccoc3c2)cc1OCCN(C)C. The van der Waals surface area contributed by atoms with Crippen molar-refractivity contribution < 1.29 is 23.8 Å². The average molecular weight is 370 g/mol. The molecule has 142 valence electrons. The molecule has 0 atom stereocenters. The Labute approximate surface area is 157 Å². The van der Waals surface area contributed by atoms with E-state index in [1.807, 2.05) is 19.0 Å². The minimum atomic E-state index is -0.368. The number of carbonyl (C=O) groups excluding carboxylic acids is 1. The van der Waals surface area contributed by atoms with E-state index in [0.717, 1.165) is 6.54 Å². The first-order valence-electron chi connectivity index (χ1n) is 8.45. The van der Waals surface area contributed by atoms with Gasteiger partial charge in [0, 0.05) is 23.9 Å². The largest absolute Gasteiger partial charge is 0.507 e. The Morgan fingerprint density at radius 2 is 2.00 bits per heavy atom. The maximum atomic E-state index is 12.6. The number of amides is 1. The number of methoxy groups -OCH3 is 1. The first-order valence-corrected chi connectivity index (χ1v) is 8.45. The number of nitrogens with one attached hydrogen (secondary N) is 1. The van der Waals surface area contributed by atoms with Crippen molar-refractivity contribution in [3.8, 4) is 17.2 Å². The number of aromatic hydroxyl groups is 1. The number of ether oxygens (including phenoxy) is 2. The fraction of sp³-hybridized carbons (Fsp3) is 0.250. The van der Waals surface area contributed by atoms with Crippen molar-refractivity contribution in [2.75, 3.05) is 39.7 Å². The number of fused-ring (bicyclic) bond motifs is 1. The van der Waals surface area contributed by atoms with Gasteiger partial charge in [0.2, 0.25) is 0 Å². The number of likely N-dealkylation sites (N-methyl/N-ethyl adjacent to an activating group) is 1. The number of rotatable bonds is 7. The second-order valence-electron chi connectivity index (χ2n) is 6.30. The van der Waals surface area contributed by atoms with Crippen LogP contribution in [0.1, 0.15) is 10.4 Å². The molecule has 2 N–H and O–H groups in total. The fourth-order valence-electron chi connectivity index (χ4n) is 2.59. The summed E-state index contributed by atoms with van der Waals surface area (Å²) in [5, 5.41) is 13.4. The van der Waals surface area contributed by atoms with Crippen molar-refractivity contribution in [3.05, 3.63) is 48.2 Å². The molecule has 0 saturated carbocycles. The average Bonchev–Trinajstić information content (AvgIpc) is 3.11. The third kappa shape index (κ3) is 4.32. The van der Waals surface area contributed by atoms with Gasteiger partial charge in [0.05, 0.1) is 18.8 Å². The molecule has 3 aromatic rings. The molecule has 1 aromatic heterocycles. The van der Waals surface area contributed by atoms with Gasteiger partial charge in [-0.1, -0.05) is 0 Å². The summed E-state index contributed by atoms with van der Waals surface area (Å²) < 4.78 is 16.3. The monoisotopic (exact) mass is 370 g/mol. The van der Waals surface area contributed by atoms with Crippen molar-refractivity contribution in [2.45, 2.75) is 0 Å². The number of anilines is 1. The van der Waals surface area contributed by atoms with Gasteiger partial charge in [0.25, 0.3) is 5.91 Å². The van der Waals surface area contributed by atoms with Gasteiger partial charge in [-0.25, -0.2) is 0 Å². The molecule has 0 aliphatic heterocycles. The lowest BCUT2D eigenvalue weighted by Gasteiger charge is -2.15. The number of furan rings is 1. The van der Waals surface area contributed by atoms with E-state index in [1.165, 1.54) is 12.3 Å². The number of benzene rings is 2. The van der Waals surface area contributed by atoms with E-state index in [2.05, 4.69) is 5.32 Å². The maximum absolute atomic E-state index is 12.6. The minimum absolute atomic E-state index is 0.00570. The van der Waals surface area contributed by atoms with Crippen LogP contribution in [0.4, 0.5) is 5.69 Å². The number of hydrogen-bond acceptors (Lipinski definition) is 6.